The minimum Gasteiger partial charge on any atom is -0.507 e. The average Bonchev–Trinajstić information content (AvgIpc) is 2.51. The molecule has 2 unspecified atom stereocenters. The molecule has 1 fully saturated rings. The van der Waals surface area contributed by atoms with Gasteiger partial charge in [0.05, 0.1) is 6.10 Å². The fraction of sp³-hybridized carbons (Fsp3) is 0.375. The van der Waals surface area contributed by atoms with Crippen molar-refractivity contribution in [3.05, 3.63) is 35.9 Å². The molecule has 0 heterocycles. The summed E-state index contributed by atoms with van der Waals surface area (Å²) in [6, 6.07) is 6.03. The van der Waals surface area contributed by atoms with Gasteiger partial charge in [-0.25, -0.2) is 4.79 Å². The van der Waals surface area contributed by atoms with Crippen LogP contribution in [0.3, 0.4) is 0 Å². The molecule has 0 amide bonds. The summed E-state index contributed by atoms with van der Waals surface area (Å²) in [6.07, 6.45) is -3.44. The Morgan fingerprint density at radius 1 is 1.17 bits per heavy atom. The number of ketones is 1. The van der Waals surface area contributed by atoms with E-state index >= 15 is 0 Å². The molecular weight excluding hydrogens is 320 g/mol. The molecule has 0 aliphatic heterocycles. The normalized spacial score (nSPS) is 33.5. The zero-order valence-corrected chi connectivity index (χ0v) is 12.5. The maximum Gasteiger partial charge on any atom is 0.335 e. The second-order valence-corrected chi connectivity index (χ2v) is 5.91. The zero-order chi connectivity index (χ0) is 18.1. The quantitative estimate of drug-likeness (QED) is 0.383. The summed E-state index contributed by atoms with van der Waals surface area (Å²) in [5.74, 6) is -2.94. The highest BCUT2D eigenvalue weighted by Crippen LogP contribution is 2.37. The molecule has 24 heavy (non-hydrogen) atoms. The summed E-state index contributed by atoms with van der Waals surface area (Å²) < 4.78 is 0. The van der Waals surface area contributed by atoms with Crippen LogP contribution in [-0.4, -0.2) is 65.8 Å². The lowest BCUT2D eigenvalue weighted by atomic mass is 9.70. The van der Waals surface area contributed by atoms with Crippen molar-refractivity contribution < 1.29 is 40.2 Å². The number of phenols is 1. The van der Waals surface area contributed by atoms with Crippen molar-refractivity contribution in [1.82, 2.24) is 0 Å². The van der Waals surface area contributed by atoms with Gasteiger partial charge in [-0.3, -0.25) is 4.79 Å². The number of rotatable bonds is 4. The van der Waals surface area contributed by atoms with Gasteiger partial charge in [0.15, 0.2) is 17.0 Å². The molecular formula is C16H18O8. The Labute approximate surface area is 136 Å². The van der Waals surface area contributed by atoms with Crippen molar-refractivity contribution >= 4 is 17.8 Å². The van der Waals surface area contributed by atoms with Crippen LogP contribution in [0.15, 0.2) is 30.3 Å². The maximum atomic E-state index is 12.3. The van der Waals surface area contributed by atoms with Crippen molar-refractivity contribution in [3.8, 4) is 5.75 Å². The van der Waals surface area contributed by atoms with Crippen LogP contribution in [0.4, 0.5) is 0 Å². The van der Waals surface area contributed by atoms with Crippen molar-refractivity contribution in [2.45, 2.75) is 36.3 Å². The van der Waals surface area contributed by atoms with Crippen LogP contribution >= 0.6 is 0 Å². The van der Waals surface area contributed by atoms with Gasteiger partial charge in [-0.05, 0) is 18.2 Å². The summed E-state index contributed by atoms with van der Waals surface area (Å²) in [5, 5.41) is 58.7. The van der Waals surface area contributed by atoms with Crippen molar-refractivity contribution in [1.29, 1.82) is 0 Å². The summed E-state index contributed by atoms with van der Waals surface area (Å²) in [4.78, 5) is 23.4. The van der Waals surface area contributed by atoms with E-state index in [4.69, 9.17) is 5.11 Å². The summed E-state index contributed by atoms with van der Waals surface area (Å²) in [5.41, 5.74) is -4.97. The fourth-order valence-electron chi connectivity index (χ4n) is 2.73. The van der Waals surface area contributed by atoms with E-state index in [0.29, 0.717) is 0 Å². The van der Waals surface area contributed by atoms with Crippen LogP contribution in [0, 0.1) is 0 Å². The van der Waals surface area contributed by atoms with E-state index in [9.17, 15) is 35.1 Å². The molecule has 0 bridgehead atoms. The van der Waals surface area contributed by atoms with Gasteiger partial charge in [-0.15, -0.1) is 0 Å². The number of hydrogen-bond acceptors (Lipinski definition) is 7. The lowest BCUT2D eigenvalue weighted by Crippen LogP contribution is -2.65. The molecule has 8 heteroatoms. The third-order valence-corrected chi connectivity index (χ3v) is 4.14. The lowest BCUT2D eigenvalue weighted by molar-refractivity contribution is -0.212. The van der Waals surface area contributed by atoms with Gasteiger partial charge in [0, 0.05) is 18.4 Å². The van der Waals surface area contributed by atoms with Gasteiger partial charge >= 0.3 is 5.97 Å². The van der Waals surface area contributed by atoms with E-state index < -0.39 is 48.0 Å². The van der Waals surface area contributed by atoms with Gasteiger partial charge in [-0.1, -0.05) is 18.2 Å². The van der Waals surface area contributed by atoms with Gasteiger partial charge in [-0.2, -0.15) is 0 Å². The standard InChI is InChI=1S/C16H18O8/c17-10-4-2-1-3-9(10)5-6-12(19)16(24)8-15(23,14(21)22)7-11(18)13(16)20/h1-6,11,13,17-18,20,23-24H,7-8H2,(H,21,22)/b6-5+/t11-,13?,15?,16+/m1/s1. The van der Waals surface area contributed by atoms with Crippen LogP contribution < -0.4 is 0 Å². The number of para-hydroxylation sites is 1. The molecule has 1 aliphatic carbocycles. The van der Waals surface area contributed by atoms with Crippen LogP contribution in [-0.2, 0) is 9.59 Å². The monoisotopic (exact) mass is 338 g/mol. The number of carboxylic acid groups (broad SMARTS) is 1. The Balaban J connectivity index is 2.31. The highest BCUT2D eigenvalue weighted by Gasteiger charge is 2.58. The fourth-order valence-corrected chi connectivity index (χ4v) is 2.73. The number of benzene rings is 1. The number of carbonyl (C=O) groups is 2. The predicted molar refractivity (Wildman–Crippen MR) is 80.9 cm³/mol. The first kappa shape index (κ1) is 18.1. The second kappa shape index (κ2) is 6.33. The molecule has 0 spiro atoms. The Hall–Kier alpha value is -2.26. The Bertz CT molecular complexity index is 684. The predicted octanol–water partition coefficient (Wildman–Crippen LogP) is -0.963. The molecule has 130 valence electrons. The van der Waals surface area contributed by atoms with Crippen LogP contribution in [0.2, 0.25) is 0 Å². The first-order chi connectivity index (χ1) is 11.1. The Morgan fingerprint density at radius 3 is 2.38 bits per heavy atom. The van der Waals surface area contributed by atoms with Gasteiger partial charge in [0.1, 0.15) is 11.9 Å². The molecule has 0 radical (unpaired) electrons. The molecule has 1 aromatic rings. The van der Waals surface area contributed by atoms with Gasteiger partial charge in [0.2, 0.25) is 0 Å². The topological polar surface area (TPSA) is 156 Å². The highest BCUT2D eigenvalue weighted by molar-refractivity contribution is 6.01. The van der Waals surface area contributed by atoms with Crippen molar-refractivity contribution in [2.75, 3.05) is 0 Å². The Morgan fingerprint density at radius 2 is 1.79 bits per heavy atom. The van der Waals surface area contributed by atoms with Gasteiger partial charge in [0.25, 0.3) is 0 Å². The number of carbonyl (C=O) groups excluding carboxylic acids is 1. The molecule has 1 aromatic carbocycles. The minimum atomic E-state index is -2.67. The maximum absolute atomic E-state index is 12.3. The number of aliphatic hydroxyl groups is 4. The number of phenolic OH excluding ortho intramolecular Hbond substituents is 1. The van der Waals surface area contributed by atoms with Gasteiger partial charge < -0.3 is 30.6 Å². The molecule has 6 N–H and O–H groups in total. The average molecular weight is 338 g/mol. The van der Waals surface area contributed by atoms with Crippen LogP contribution in [0.5, 0.6) is 5.75 Å². The highest BCUT2D eigenvalue weighted by atomic mass is 16.4. The van der Waals surface area contributed by atoms with E-state index in [1.165, 1.54) is 18.2 Å². The third kappa shape index (κ3) is 3.17. The van der Waals surface area contributed by atoms with E-state index in [2.05, 4.69) is 0 Å². The molecule has 2 rings (SSSR count). The molecule has 0 saturated heterocycles. The first-order valence-electron chi connectivity index (χ1n) is 7.15. The summed E-state index contributed by atoms with van der Waals surface area (Å²) in [6.45, 7) is 0. The smallest absolute Gasteiger partial charge is 0.335 e. The summed E-state index contributed by atoms with van der Waals surface area (Å²) >= 11 is 0. The number of hydrogen-bond donors (Lipinski definition) is 6. The molecule has 4 atom stereocenters. The van der Waals surface area contributed by atoms with E-state index in [1.807, 2.05) is 0 Å². The Kier molecular flexibility index (Phi) is 4.77. The first-order valence-corrected chi connectivity index (χ1v) is 7.15. The molecule has 0 aromatic heterocycles. The largest absolute Gasteiger partial charge is 0.507 e. The number of aromatic hydroxyl groups is 1. The number of carboxylic acids is 1. The molecule has 8 nitrogen and oxygen atoms in total. The van der Waals surface area contributed by atoms with Crippen LogP contribution in [0.25, 0.3) is 6.08 Å². The zero-order valence-electron chi connectivity index (χ0n) is 12.5. The number of aliphatic hydroxyl groups excluding tert-OH is 2. The van der Waals surface area contributed by atoms with E-state index in [0.717, 1.165) is 6.08 Å². The lowest BCUT2D eigenvalue weighted by Gasteiger charge is -2.44. The molecule has 1 saturated carbocycles. The SMILES string of the molecule is O=C(O)C1(O)C[C@@H](O)C(O)[C@@](O)(C(=O)/C=C/c2ccccc2O)C1. The third-order valence-electron chi connectivity index (χ3n) is 4.14. The van der Waals surface area contributed by atoms with Crippen molar-refractivity contribution in [2.24, 2.45) is 0 Å². The van der Waals surface area contributed by atoms with Crippen LogP contribution in [0.1, 0.15) is 18.4 Å². The number of aliphatic carboxylic acids is 1. The minimum absolute atomic E-state index is 0.125. The second-order valence-electron chi connectivity index (χ2n) is 5.91. The summed E-state index contributed by atoms with van der Waals surface area (Å²) in [7, 11) is 0. The molecule has 1 aliphatic rings. The van der Waals surface area contributed by atoms with E-state index in [-0.39, 0.29) is 11.3 Å². The van der Waals surface area contributed by atoms with E-state index in [1.54, 1.807) is 12.1 Å². The van der Waals surface area contributed by atoms with Crippen molar-refractivity contribution in [3.63, 3.8) is 0 Å².